The molecule has 432 valence electrons. The van der Waals surface area contributed by atoms with E-state index >= 15 is 0 Å². The van der Waals surface area contributed by atoms with Crippen molar-refractivity contribution in [2.24, 2.45) is 0 Å². The SMILES string of the molecule is CC(C)c1cccc(C(C)C)c1-c1cc(-c2c(C(C)C)cccc2C(C)C)cc(-c2c(O)c(-c3cc(-c4c(C(C)C)cccc4C(C)C)cc(-c4c(C(C)C)cccc4C(C)C)c3)c(-c3ccccc3)c(-c3ccccc3)c2-c2ccccc2)c1. The number of hydrogen-bond acceptors (Lipinski definition) is 1. The molecule has 0 atom stereocenters. The van der Waals surface area contributed by atoms with Crippen molar-refractivity contribution in [1.29, 1.82) is 0 Å². The van der Waals surface area contributed by atoms with Gasteiger partial charge in [0.15, 0.2) is 0 Å². The smallest absolute Gasteiger partial charge is 0.132 e. The largest absolute Gasteiger partial charge is 0.507 e. The van der Waals surface area contributed by atoms with E-state index < -0.39 is 0 Å². The lowest BCUT2D eigenvalue weighted by Crippen LogP contribution is -2.04. The molecule has 0 fully saturated rings. The van der Waals surface area contributed by atoms with Crippen LogP contribution < -0.4 is 0 Å². The molecule has 1 heteroatoms. The maximum Gasteiger partial charge on any atom is 0.132 e. The first-order valence-electron chi connectivity index (χ1n) is 31.7. The van der Waals surface area contributed by atoms with Gasteiger partial charge in [-0.15, -0.1) is 0 Å². The molecule has 10 rings (SSSR count). The van der Waals surface area contributed by atoms with Gasteiger partial charge in [0.05, 0.1) is 0 Å². The standard InChI is InChI=1S/C84H90O/c1-50(2)67-36-26-37-68(51(3)4)75(67)61-44-62(76-69(52(5)6)38-27-39-70(76)53(7)8)47-65(46-61)82-80(59-32-22-18-23-33-59)79(58-30-20-17-21-31-58)81(60-34-24-19-25-35-60)83(84(82)85)66-48-63(77-71(54(9)10)40-28-41-72(77)55(11)12)45-64(49-66)78-73(56(13)14)42-29-43-74(78)57(15)16/h17-57,85H,1-16H3. The Hall–Kier alpha value is -8.00. The molecular formula is C84H90O. The van der Waals surface area contributed by atoms with Crippen molar-refractivity contribution in [3.8, 4) is 106 Å². The van der Waals surface area contributed by atoms with Gasteiger partial charge in [0, 0.05) is 22.3 Å². The number of rotatable bonds is 17. The first kappa shape index (κ1) is 60.1. The van der Waals surface area contributed by atoms with Crippen LogP contribution in [0.15, 0.2) is 200 Å². The van der Waals surface area contributed by atoms with E-state index in [4.69, 9.17) is 0 Å². The Morgan fingerprint density at radius 2 is 0.341 bits per heavy atom. The van der Waals surface area contributed by atoms with Gasteiger partial charge in [0.25, 0.3) is 0 Å². The van der Waals surface area contributed by atoms with Crippen molar-refractivity contribution in [3.63, 3.8) is 0 Å². The highest BCUT2D eigenvalue weighted by Crippen LogP contribution is 2.58. The quantitative estimate of drug-likeness (QED) is 0.0963. The first-order chi connectivity index (χ1) is 40.8. The average molecular weight is 1120 g/mol. The summed E-state index contributed by atoms with van der Waals surface area (Å²) in [6.07, 6.45) is 0. The number of hydrogen-bond donors (Lipinski definition) is 1. The highest BCUT2D eigenvalue weighted by molar-refractivity contribution is 6.12. The Kier molecular flexibility index (Phi) is 17.9. The third-order valence-electron chi connectivity index (χ3n) is 17.8. The Labute approximate surface area is 510 Å². The van der Waals surface area contributed by atoms with E-state index in [9.17, 15) is 5.11 Å². The minimum atomic E-state index is 0.258. The Morgan fingerprint density at radius 1 is 0.176 bits per heavy atom. The summed E-state index contributed by atoms with van der Waals surface area (Å²) in [7, 11) is 0. The molecule has 0 radical (unpaired) electrons. The van der Waals surface area contributed by atoms with E-state index in [1.54, 1.807) is 0 Å². The van der Waals surface area contributed by atoms with Gasteiger partial charge in [-0.1, -0.05) is 275 Å². The van der Waals surface area contributed by atoms with Crippen molar-refractivity contribution < 1.29 is 5.11 Å². The van der Waals surface area contributed by atoms with E-state index in [1.807, 2.05) is 0 Å². The molecule has 0 aliphatic rings. The summed E-state index contributed by atoms with van der Waals surface area (Å²) < 4.78 is 0. The monoisotopic (exact) mass is 1110 g/mol. The lowest BCUT2D eigenvalue weighted by molar-refractivity contribution is 0.480. The highest BCUT2D eigenvalue weighted by atomic mass is 16.3. The van der Waals surface area contributed by atoms with Crippen LogP contribution in [0.1, 0.15) is 203 Å². The molecule has 0 aliphatic heterocycles. The van der Waals surface area contributed by atoms with Gasteiger partial charge in [0.1, 0.15) is 5.75 Å². The summed E-state index contributed by atoms with van der Waals surface area (Å²) in [4.78, 5) is 0. The molecule has 1 N–H and O–H groups in total. The second-order valence-electron chi connectivity index (χ2n) is 26.4. The molecule has 0 aromatic heterocycles. The van der Waals surface area contributed by atoms with Crippen molar-refractivity contribution in [1.82, 2.24) is 0 Å². The molecule has 0 unspecified atom stereocenters. The molecule has 0 heterocycles. The molecule has 10 aromatic carbocycles. The molecular weight excluding hydrogens is 1020 g/mol. The maximum atomic E-state index is 14.8. The van der Waals surface area contributed by atoms with Crippen LogP contribution in [0.25, 0.3) is 100 Å². The predicted molar refractivity (Wildman–Crippen MR) is 370 cm³/mol. The van der Waals surface area contributed by atoms with Crippen molar-refractivity contribution in [3.05, 3.63) is 245 Å². The molecule has 0 bridgehead atoms. The van der Waals surface area contributed by atoms with E-state index in [1.165, 1.54) is 66.8 Å². The molecule has 0 saturated heterocycles. The topological polar surface area (TPSA) is 20.2 Å². The predicted octanol–water partition coefficient (Wildman–Crippen LogP) is 25.4. The highest BCUT2D eigenvalue weighted by Gasteiger charge is 2.32. The number of phenolic OH excluding ortho intramolecular Hbond substituents is 1. The summed E-state index contributed by atoms with van der Waals surface area (Å²) in [5.74, 6) is 2.37. The van der Waals surface area contributed by atoms with E-state index in [-0.39, 0.29) is 53.1 Å². The van der Waals surface area contributed by atoms with E-state index in [0.717, 1.165) is 77.9 Å². The Bertz CT molecular complexity index is 3490. The van der Waals surface area contributed by atoms with Gasteiger partial charge < -0.3 is 5.11 Å². The fraction of sp³-hybridized carbons (Fsp3) is 0.286. The van der Waals surface area contributed by atoms with Crippen LogP contribution in [-0.4, -0.2) is 5.11 Å². The van der Waals surface area contributed by atoms with Gasteiger partial charge in [-0.3, -0.25) is 0 Å². The van der Waals surface area contributed by atoms with Gasteiger partial charge >= 0.3 is 0 Å². The van der Waals surface area contributed by atoms with E-state index in [2.05, 4.69) is 311 Å². The average Bonchev–Trinajstić information content (AvgIpc) is 2.17. The molecule has 1 nitrogen and oxygen atoms in total. The molecule has 0 aliphatic carbocycles. The zero-order valence-electron chi connectivity index (χ0n) is 53.6. The van der Waals surface area contributed by atoms with Crippen LogP contribution in [-0.2, 0) is 0 Å². The lowest BCUT2D eigenvalue weighted by atomic mass is 9.75. The number of aromatic hydroxyl groups is 1. The first-order valence-corrected chi connectivity index (χ1v) is 31.7. The third-order valence-corrected chi connectivity index (χ3v) is 17.8. The maximum absolute atomic E-state index is 14.8. The normalized spacial score (nSPS) is 12.0. The Balaban J connectivity index is 1.50. The summed E-state index contributed by atoms with van der Waals surface area (Å²) >= 11 is 0. The van der Waals surface area contributed by atoms with Gasteiger partial charge in [-0.05, 0) is 206 Å². The van der Waals surface area contributed by atoms with Crippen LogP contribution in [0.4, 0.5) is 0 Å². The van der Waals surface area contributed by atoms with Crippen molar-refractivity contribution >= 4 is 0 Å². The number of phenols is 1. The fourth-order valence-electron chi connectivity index (χ4n) is 13.6. The summed E-state index contributed by atoms with van der Waals surface area (Å²) in [5, 5.41) is 14.8. The van der Waals surface area contributed by atoms with Gasteiger partial charge in [-0.2, -0.15) is 0 Å². The minimum absolute atomic E-state index is 0.258. The molecule has 85 heavy (non-hydrogen) atoms. The second-order valence-corrected chi connectivity index (χ2v) is 26.4. The van der Waals surface area contributed by atoms with Crippen LogP contribution in [0.2, 0.25) is 0 Å². The van der Waals surface area contributed by atoms with E-state index in [0.29, 0.717) is 0 Å². The van der Waals surface area contributed by atoms with Gasteiger partial charge in [0.2, 0.25) is 0 Å². The second kappa shape index (κ2) is 25.3. The number of benzene rings is 10. The zero-order chi connectivity index (χ0) is 60.5. The van der Waals surface area contributed by atoms with Crippen LogP contribution in [0.3, 0.4) is 0 Å². The summed E-state index contributed by atoms with van der Waals surface area (Å²) in [6, 6.07) is 75.1. The fourth-order valence-corrected chi connectivity index (χ4v) is 13.6. The molecule has 0 saturated carbocycles. The van der Waals surface area contributed by atoms with Crippen LogP contribution in [0.5, 0.6) is 5.75 Å². The lowest BCUT2D eigenvalue weighted by Gasteiger charge is -2.28. The molecule has 10 aromatic rings. The third kappa shape index (κ3) is 11.8. The minimum Gasteiger partial charge on any atom is -0.507 e. The van der Waals surface area contributed by atoms with Crippen LogP contribution >= 0.6 is 0 Å². The van der Waals surface area contributed by atoms with Crippen molar-refractivity contribution in [2.45, 2.75) is 158 Å². The van der Waals surface area contributed by atoms with Crippen molar-refractivity contribution in [2.75, 3.05) is 0 Å². The molecule has 0 amide bonds. The Morgan fingerprint density at radius 3 is 0.518 bits per heavy atom. The summed E-state index contributed by atoms with van der Waals surface area (Å²) in [6.45, 7) is 37.2. The van der Waals surface area contributed by atoms with Crippen LogP contribution in [0, 0.1) is 0 Å². The van der Waals surface area contributed by atoms with Gasteiger partial charge in [-0.25, -0.2) is 0 Å². The zero-order valence-corrected chi connectivity index (χ0v) is 53.6. The molecule has 0 spiro atoms. The summed E-state index contributed by atoms with van der Waals surface area (Å²) in [5.41, 5.74) is 30.1.